The first kappa shape index (κ1) is 12.2. The first-order valence-corrected chi connectivity index (χ1v) is 6.99. The Kier molecular flexibility index (Phi) is 3.16. The predicted molar refractivity (Wildman–Crippen MR) is 68.8 cm³/mol. The fraction of sp³-hybridized carbons (Fsp3) is 0.786. The number of carbonyl (C=O) groups excluding carboxylic acids is 1. The van der Waals surface area contributed by atoms with Crippen LogP contribution in [0.1, 0.15) is 19.8 Å². The Balaban J connectivity index is 1.64. The van der Waals surface area contributed by atoms with E-state index in [-0.39, 0.29) is 18.1 Å². The molecule has 2 fully saturated rings. The number of hydrogen-bond donors (Lipinski definition) is 1. The van der Waals surface area contributed by atoms with Crippen LogP contribution in [0.4, 0.5) is 0 Å². The standard InChI is InChI=1S/C14H22N2O2/c1-9(15)13-8-16(4-5-18-13)14(17)12-7-10-2-3-11(12)6-10/h2-3,9-13H,4-8,15H2,1H3. The molecule has 5 atom stereocenters. The number of hydrogen-bond acceptors (Lipinski definition) is 3. The van der Waals surface area contributed by atoms with Crippen molar-refractivity contribution < 1.29 is 9.53 Å². The molecule has 4 nitrogen and oxygen atoms in total. The minimum absolute atomic E-state index is 0.00293. The van der Waals surface area contributed by atoms with Crippen molar-refractivity contribution in [3.05, 3.63) is 12.2 Å². The normalized spacial score (nSPS) is 40.2. The third-order valence-electron chi connectivity index (χ3n) is 4.59. The second kappa shape index (κ2) is 4.67. The molecule has 4 heteroatoms. The molecule has 1 saturated heterocycles. The number of rotatable bonds is 2. The van der Waals surface area contributed by atoms with Gasteiger partial charge in [-0.15, -0.1) is 0 Å². The highest BCUT2D eigenvalue weighted by Gasteiger charge is 2.42. The van der Waals surface area contributed by atoms with Crippen molar-refractivity contribution in [3.63, 3.8) is 0 Å². The number of allylic oxidation sites excluding steroid dienone is 2. The SMILES string of the molecule is CC(N)C1CN(C(=O)C2CC3C=CC2C3)CCO1. The summed E-state index contributed by atoms with van der Waals surface area (Å²) >= 11 is 0. The number of amides is 1. The van der Waals surface area contributed by atoms with Crippen LogP contribution in [0.5, 0.6) is 0 Å². The van der Waals surface area contributed by atoms with Gasteiger partial charge in [-0.3, -0.25) is 4.79 Å². The molecule has 100 valence electrons. The highest BCUT2D eigenvalue weighted by Crippen LogP contribution is 2.44. The van der Waals surface area contributed by atoms with Gasteiger partial charge in [0.1, 0.15) is 0 Å². The number of nitrogens with zero attached hydrogens (tertiary/aromatic N) is 1. The molecule has 18 heavy (non-hydrogen) atoms. The van der Waals surface area contributed by atoms with Crippen molar-refractivity contribution in [1.82, 2.24) is 4.90 Å². The lowest BCUT2D eigenvalue weighted by Gasteiger charge is -2.37. The Bertz CT molecular complexity index is 367. The summed E-state index contributed by atoms with van der Waals surface area (Å²) in [6, 6.07) is -0.0134. The zero-order valence-electron chi connectivity index (χ0n) is 10.9. The molecule has 2 bridgehead atoms. The van der Waals surface area contributed by atoms with E-state index in [1.165, 1.54) is 6.42 Å². The van der Waals surface area contributed by atoms with Gasteiger partial charge < -0.3 is 15.4 Å². The Labute approximate surface area is 108 Å². The molecule has 1 amide bonds. The van der Waals surface area contributed by atoms with Crippen molar-refractivity contribution in [2.45, 2.75) is 31.9 Å². The van der Waals surface area contributed by atoms with Crippen LogP contribution in [0, 0.1) is 17.8 Å². The van der Waals surface area contributed by atoms with Crippen LogP contribution in [0.15, 0.2) is 12.2 Å². The van der Waals surface area contributed by atoms with Crippen LogP contribution in [0.25, 0.3) is 0 Å². The highest BCUT2D eigenvalue weighted by molar-refractivity contribution is 5.80. The number of morpholine rings is 1. The summed E-state index contributed by atoms with van der Waals surface area (Å²) < 4.78 is 5.61. The van der Waals surface area contributed by atoms with Gasteiger partial charge in [-0.25, -0.2) is 0 Å². The fourth-order valence-corrected chi connectivity index (χ4v) is 3.49. The van der Waals surface area contributed by atoms with Gasteiger partial charge in [0.15, 0.2) is 0 Å². The molecule has 1 aliphatic heterocycles. The van der Waals surface area contributed by atoms with E-state index in [9.17, 15) is 4.79 Å². The number of fused-ring (bicyclic) bond motifs is 2. The van der Waals surface area contributed by atoms with Crippen LogP contribution >= 0.6 is 0 Å². The van der Waals surface area contributed by atoms with Crippen molar-refractivity contribution >= 4 is 5.91 Å². The molecule has 0 spiro atoms. The average molecular weight is 250 g/mol. The minimum Gasteiger partial charge on any atom is -0.373 e. The molecular formula is C14H22N2O2. The molecule has 1 heterocycles. The third-order valence-corrected chi connectivity index (χ3v) is 4.59. The van der Waals surface area contributed by atoms with Gasteiger partial charge in [0, 0.05) is 25.0 Å². The van der Waals surface area contributed by atoms with Gasteiger partial charge in [0.2, 0.25) is 5.91 Å². The van der Waals surface area contributed by atoms with Gasteiger partial charge in [0.05, 0.1) is 12.7 Å². The number of nitrogens with two attached hydrogens (primary N) is 1. The Morgan fingerprint density at radius 1 is 1.44 bits per heavy atom. The van der Waals surface area contributed by atoms with Crippen LogP contribution < -0.4 is 5.73 Å². The van der Waals surface area contributed by atoms with Gasteiger partial charge in [-0.2, -0.15) is 0 Å². The topological polar surface area (TPSA) is 55.6 Å². The van der Waals surface area contributed by atoms with Gasteiger partial charge in [-0.1, -0.05) is 12.2 Å². The lowest BCUT2D eigenvalue weighted by atomic mass is 9.92. The molecule has 2 aliphatic carbocycles. The largest absolute Gasteiger partial charge is 0.373 e. The van der Waals surface area contributed by atoms with E-state index in [0.29, 0.717) is 30.9 Å². The van der Waals surface area contributed by atoms with Gasteiger partial charge in [-0.05, 0) is 31.6 Å². The quantitative estimate of drug-likeness (QED) is 0.737. The maximum Gasteiger partial charge on any atom is 0.226 e. The summed E-state index contributed by atoms with van der Waals surface area (Å²) in [5.41, 5.74) is 5.87. The lowest BCUT2D eigenvalue weighted by molar-refractivity contribution is -0.144. The van der Waals surface area contributed by atoms with E-state index in [4.69, 9.17) is 10.5 Å². The molecule has 0 aromatic heterocycles. The molecule has 0 aromatic carbocycles. The Morgan fingerprint density at radius 3 is 2.89 bits per heavy atom. The molecule has 3 rings (SSSR count). The minimum atomic E-state index is -0.0134. The third kappa shape index (κ3) is 2.08. The zero-order valence-corrected chi connectivity index (χ0v) is 10.9. The summed E-state index contributed by atoms with van der Waals surface area (Å²) in [5, 5.41) is 0. The lowest BCUT2D eigenvalue weighted by Crippen LogP contribution is -2.53. The molecule has 2 N–H and O–H groups in total. The fourth-order valence-electron chi connectivity index (χ4n) is 3.49. The Hall–Kier alpha value is -0.870. The van der Waals surface area contributed by atoms with Gasteiger partial charge in [0.25, 0.3) is 0 Å². The van der Waals surface area contributed by atoms with Crippen LogP contribution in [-0.2, 0) is 9.53 Å². The first-order valence-electron chi connectivity index (χ1n) is 6.99. The van der Waals surface area contributed by atoms with Crippen molar-refractivity contribution in [2.75, 3.05) is 19.7 Å². The van der Waals surface area contributed by atoms with E-state index >= 15 is 0 Å². The van der Waals surface area contributed by atoms with E-state index < -0.39 is 0 Å². The van der Waals surface area contributed by atoms with E-state index in [2.05, 4.69) is 12.2 Å². The van der Waals surface area contributed by atoms with Crippen LogP contribution in [0.3, 0.4) is 0 Å². The van der Waals surface area contributed by atoms with Crippen molar-refractivity contribution in [3.8, 4) is 0 Å². The summed E-state index contributed by atoms with van der Waals surface area (Å²) in [6.45, 7) is 3.95. The summed E-state index contributed by atoms with van der Waals surface area (Å²) in [5.74, 6) is 1.67. The number of carbonyl (C=O) groups is 1. The zero-order chi connectivity index (χ0) is 12.7. The summed E-state index contributed by atoms with van der Waals surface area (Å²) in [4.78, 5) is 14.5. The van der Waals surface area contributed by atoms with E-state index in [0.717, 1.165) is 13.0 Å². The van der Waals surface area contributed by atoms with Crippen molar-refractivity contribution in [1.29, 1.82) is 0 Å². The van der Waals surface area contributed by atoms with E-state index in [1.54, 1.807) is 0 Å². The van der Waals surface area contributed by atoms with Crippen LogP contribution in [-0.4, -0.2) is 42.6 Å². The molecule has 0 radical (unpaired) electrons. The maximum absolute atomic E-state index is 12.6. The smallest absolute Gasteiger partial charge is 0.226 e. The molecule has 0 aromatic rings. The second-order valence-electron chi connectivity index (χ2n) is 5.94. The first-order chi connectivity index (χ1) is 8.65. The number of ether oxygens (including phenoxy) is 1. The van der Waals surface area contributed by atoms with Crippen molar-refractivity contribution in [2.24, 2.45) is 23.5 Å². The van der Waals surface area contributed by atoms with E-state index in [1.807, 2.05) is 11.8 Å². The average Bonchev–Trinajstić information content (AvgIpc) is 3.00. The summed E-state index contributed by atoms with van der Waals surface area (Å²) in [6.07, 6.45) is 6.73. The highest BCUT2D eigenvalue weighted by atomic mass is 16.5. The monoisotopic (exact) mass is 250 g/mol. The molecule has 1 saturated carbocycles. The predicted octanol–water partition coefficient (Wildman–Crippen LogP) is 0.773. The molecule has 5 unspecified atom stereocenters. The van der Waals surface area contributed by atoms with Crippen LogP contribution in [0.2, 0.25) is 0 Å². The Morgan fingerprint density at radius 2 is 2.28 bits per heavy atom. The van der Waals surface area contributed by atoms with Gasteiger partial charge >= 0.3 is 0 Å². The molecule has 3 aliphatic rings. The molecular weight excluding hydrogens is 228 g/mol. The maximum atomic E-state index is 12.6. The second-order valence-corrected chi connectivity index (χ2v) is 5.94. The summed E-state index contributed by atoms with van der Waals surface area (Å²) in [7, 11) is 0.